The van der Waals surface area contributed by atoms with Gasteiger partial charge >= 0.3 is 6.03 Å². The van der Waals surface area contributed by atoms with Gasteiger partial charge in [0.15, 0.2) is 0 Å². The van der Waals surface area contributed by atoms with Crippen molar-refractivity contribution in [1.29, 1.82) is 0 Å². The summed E-state index contributed by atoms with van der Waals surface area (Å²) in [6, 6.07) is 13.5. The van der Waals surface area contributed by atoms with Crippen LogP contribution < -0.4 is 16.0 Å². The zero-order valence-corrected chi connectivity index (χ0v) is 12.8. The third kappa shape index (κ3) is 3.10. The van der Waals surface area contributed by atoms with Gasteiger partial charge in [0, 0.05) is 12.6 Å². The molecule has 0 aliphatic carbocycles. The summed E-state index contributed by atoms with van der Waals surface area (Å²) in [6.45, 7) is 0. The second-order valence-corrected chi connectivity index (χ2v) is 5.44. The van der Waals surface area contributed by atoms with Gasteiger partial charge < -0.3 is 10.6 Å². The van der Waals surface area contributed by atoms with E-state index in [4.69, 9.17) is 0 Å². The molecule has 1 aliphatic rings. The first-order valence-corrected chi connectivity index (χ1v) is 7.50. The van der Waals surface area contributed by atoms with Crippen LogP contribution >= 0.6 is 0 Å². The minimum Gasteiger partial charge on any atom is -0.319 e. The Morgan fingerprint density at radius 2 is 1.83 bits per heavy atom. The number of pyridine rings is 1. The molecule has 0 bridgehead atoms. The van der Waals surface area contributed by atoms with Gasteiger partial charge in [-0.3, -0.25) is 14.9 Å². The van der Waals surface area contributed by atoms with Crippen molar-refractivity contribution in [3.05, 3.63) is 60.3 Å². The Morgan fingerprint density at radius 1 is 1.08 bits per heavy atom. The maximum Gasteiger partial charge on any atom is 0.322 e. The number of benzene rings is 1. The number of anilines is 1. The number of aromatic nitrogens is 1. The molecule has 1 atom stereocenters. The van der Waals surface area contributed by atoms with Crippen LogP contribution in [0.4, 0.5) is 10.6 Å². The molecular weight excluding hydrogens is 308 g/mol. The van der Waals surface area contributed by atoms with E-state index in [-0.39, 0.29) is 18.7 Å². The lowest BCUT2D eigenvalue weighted by Crippen LogP contribution is -2.44. The van der Waals surface area contributed by atoms with Gasteiger partial charge in [0.25, 0.3) is 5.91 Å². The first-order valence-electron chi connectivity index (χ1n) is 7.50. The first-order chi connectivity index (χ1) is 11.6. The minimum atomic E-state index is -1.24. The molecule has 0 spiro atoms. The standard InChI is InChI=1S/C17H16N4O3/c22-14(19-13-8-4-5-11-18-13)9-10-17(12-6-2-1-3-7-12)15(23)20-16(24)21-17/h1-8,11H,9-10H2,(H,18,19,22)(H2,20,21,23,24). The molecule has 2 aromatic rings. The molecule has 1 aliphatic heterocycles. The lowest BCUT2D eigenvalue weighted by molar-refractivity contribution is -0.125. The second kappa shape index (κ2) is 6.49. The van der Waals surface area contributed by atoms with Crippen molar-refractivity contribution in [3.8, 4) is 0 Å². The zero-order chi connectivity index (χ0) is 17.0. The molecule has 1 fully saturated rings. The van der Waals surface area contributed by atoms with Crippen LogP contribution in [0.1, 0.15) is 18.4 Å². The van der Waals surface area contributed by atoms with Crippen molar-refractivity contribution in [3.63, 3.8) is 0 Å². The summed E-state index contributed by atoms with van der Waals surface area (Å²) in [7, 11) is 0. The van der Waals surface area contributed by atoms with Crippen molar-refractivity contribution >= 4 is 23.7 Å². The Balaban J connectivity index is 1.75. The van der Waals surface area contributed by atoms with Gasteiger partial charge in [-0.15, -0.1) is 0 Å². The molecule has 4 amide bonds. The monoisotopic (exact) mass is 324 g/mol. The highest BCUT2D eigenvalue weighted by Crippen LogP contribution is 2.30. The molecule has 0 saturated carbocycles. The number of carbonyl (C=O) groups is 3. The summed E-state index contributed by atoms with van der Waals surface area (Å²) in [5.74, 6) is -0.293. The molecule has 3 rings (SSSR count). The van der Waals surface area contributed by atoms with E-state index in [1.54, 1.807) is 48.7 Å². The molecule has 0 radical (unpaired) electrons. The summed E-state index contributed by atoms with van der Waals surface area (Å²) in [6.07, 6.45) is 1.78. The van der Waals surface area contributed by atoms with Crippen molar-refractivity contribution in [2.45, 2.75) is 18.4 Å². The summed E-state index contributed by atoms with van der Waals surface area (Å²) in [5.41, 5.74) is -0.598. The van der Waals surface area contributed by atoms with Crippen LogP contribution in [-0.4, -0.2) is 22.8 Å². The molecule has 24 heavy (non-hydrogen) atoms. The number of amides is 4. The fraction of sp³-hybridized carbons (Fsp3) is 0.176. The first kappa shape index (κ1) is 15.7. The third-order valence-electron chi connectivity index (χ3n) is 3.87. The predicted octanol–water partition coefficient (Wildman–Crippen LogP) is 1.54. The molecule has 1 saturated heterocycles. The van der Waals surface area contributed by atoms with E-state index < -0.39 is 17.5 Å². The third-order valence-corrected chi connectivity index (χ3v) is 3.87. The van der Waals surface area contributed by atoms with E-state index in [9.17, 15) is 14.4 Å². The fourth-order valence-corrected chi connectivity index (χ4v) is 2.68. The van der Waals surface area contributed by atoms with Gasteiger partial charge in [-0.1, -0.05) is 36.4 Å². The average Bonchev–Trinajstić information content (AvgIpc) is 2.89. The van der Waals surface area contributed by atoms with Crippen LogP contribution in [-0.2, 0) is 15.1 Å². The van der Waals surface area contributed by atoms with Gasteiger partial charge in [-0.05, 0) is 24.1 Å². The number of imide groups is 1. The van der Waals surface area contributed by atoms with Gasteiger partial charge in [0.2, 0.25) is 5.91 Å². The van der Waals surface area contributed by atoms with Gasteiger partial charge in [-0.2, -0.15) is 0 Å². The molecule has 1 unspecified atom stereocenters. The summed E-state index contributed by atoms with van der Waals surface area (Å²) in [4.78, 5) is 40.1. The lowest BCUT2D eigenvalue weighted by atomic mass is 9.85. The molecular formula is C17H16N4O3. The summed E-state index contributed by atoms with van der Waals surface area (Å²) < 4.78 is 0. The van der Waals surface area contributed by atoms with E-state index >= 15 is 0 Å². The second-order valence-electron chi connectivity index (χ2n) is 5.44. The van der Waals surface area contributed by atoms with Crippen LogP contribution in [0.5, 0.6) is 0 Å². The SMILES string of the molecule is O=C(CCC1(c2ccccc2)NC(=O)NC1=O)Nc1ccccn1. The van der Waals surface area contributed by atoms with Crippen molar-refractivity contribution in [1.82, 2.24) is 15.6 Å². The molecule has 1 aromatic carbocycles. The highest BCUT2D eigenvalue weighted by atomic mass is 16.2. The van der Waals surface area contributed by atoms with Gasteiger partial charge in [0.05, 0.1) is 0 Å². The topological polar surface area (TPSA) is 100 Å². The van der Waals surface area contributed by atoms with Gasteiger partial charge in [0.1, 0.15) is 11.4 Å². The Hall–Kier alpha value is -3.22. The quantitative estimate of drug-likeness (QED) is 0.726. The van der Waals surface area contributed by atoms with Crippen molar-refractivity contribution in [2.75, 3.05) is 5.32 Å². The average molecular weight is 324 g/mol. The molecule has 2 heterocycles. The Kier molecular flexibility index (Phi) is 4.24. The van der Waals surface area contributed by atoms with E-state index in [1.165, 1.54) is 0 Å². The highest BCUT2D eigenvalue weighted by Gasteiger charge is 2.47. The molecule has 7 heteroatoms. The minimum absolute atomic E-state index is 0.0547. The smallest absolute Gasteiger partial charge is 0.319 e. The summed E-state index contributed by atoms with van der Waals surface area (Å²) in [5, 5.41) is 7.57. The van der Waals surface area contributed by atoms with Crippen LogP contribution in [0.25, 0.3) is 0 Å². The Morgan fingerprint density at radius 3 is 2.46 bits per heavy atom. The number of nitrogens with zero attached hydrogens (tertiary/aromatic N) is 1. The highest BCUT2D eigenvalue weighted by molar-refractivity contribution is 6.07. The maximum absolute atomic E-state index is 12.3. The zero-order valence-electron chi connectivity index (χ0n) is 12.8. The number of carbonyl (C=O) groups excluding carboxylic acids is 3. The molecule has 7 nitrogen and oxygen atoms in total. The van der Waals surface area contributed by atoms with Gasteiger partial charge in [-0.25, -0.2) is 9.78 Å². The molecule has 3 N–H and O–H groups in total. The largest absolute Gasteiger partial charge is 0.322 e. The van der Waals surface area contributed by atoms with Crippen LogP contribution in [0.2, 0.25) is 0 Å². The van der Waals surface area contributed by atoms with E-state index in [2.05, 4.69) is 20.9 Å². The number of urea groups is 1. The van der Waals surface area contributed by atoms with Crippen LogP contribution in [0, 0.1) is 0 Å². The summed E-state index contributed by atoms with van der Waals surface area (Å²) >= 11 is 0. The van der Waals surface area contributed by atoms with Crippen LogP contribution in [0.15, 0.2) is 54.7 Å². The number of hydrogen-bond acceptors (Lipinski definition) is 4. The fourth-order valence-electron chi connectivity index (χ4n) is 2.68. The van der Waals surface area contributed by atoms with E-state index in [0.717, 1.165) is 0 Å². The Labute approximate surface area is 138 Å². The number of hydrogen-bond donors (Lipinski definition) is 3. The molecule has 122 valence electrons. The molecule has 1 aromatic heterocycles. The van der Waals surface area contributed by atoms with Crippen molar-refractivity contribution in [2.24, 2.45) is 0 Å². The predicted molar refractivity (Wildman–Crippen MR) is 86.9 cm³/mol. The van der Waals surface area contributed by atoms with E-state index in [0.29, 0.717) is 11.4 Å². The maximum atomic E-state index is 12.3. The van der Waals surface area contributed by atoms with Crippen molar-refractivity contribution < 1.29 is 14.4 Å². The van der Waals surface area contributed by atoms with Crippen LogP contribution in [0.3, 0.4) is 0 Å². The number of nitrogens with one attached hydrogen (secondary N) is 3. The lowest BCUT2D eigenvalue weighted by Gasteiger charge is -2.26. The normalized spacial score (nSPS) is 19.5. The Bertz CT molecular complexity index is 764. The van der Waals surface area contributed by atoms with E-state index in [1.807, 2.05) is 6.07 Å². The number of rotatable bonds is 5.